The number of nitrogens with two attached hydrogens (primary N) is 1. The van der Waals surface area contributed by atoms with Crippen molar-refractivity contribution in [2.24, 2.45) is 0 Å². The number of rotatable bonds is 3. The molecule has 2 aromatic rings. The maximum Gasteiger partial charge on any atom is 0.142 e. The summed E-state index contributed by atoms with van der Waals surface area (Å²) in [7, 11) is 0. The van der Waals surface area contributed by atoms with Gasteiger partial charge in [-0.1, -0.05) is 30.3 Å². The molecule has 0 aliphatic carbocycles. The molecule has 2 rings (SSSR count). The Hall–Kier alpha value is -1.97. The zero-order valence-electron chi connectivity index (χ0n) is 7.70. The van der Waals surface area contributed by atoms with Crippen LogP contribution < -0.4 is 11.1 Å². The highest BCUT2D eigenvalue weighted by Gasteiger charge is 1.99. The van der Waals surface area contributed by atoms with Crippen molar-refractivity contribution >= 4 is 11.5 Å². The highest BCUT2D eigenvalue weighted by Crippen LogP contribution is 2.13. The van der Waals surface area contributed by atoms with Crippen LogP contribution in [0.4, 0.5) is 11.5 Å². The van der Waals surface area contributed by atoms with Crippen LogP contribution in [-0.2, 0) is 6.54 Å². The molecule has 1 aromatic heterocycles. The lowest BCUT2D eigenvalue weighted by atomic mass is 10.2. The van der Waals surface area contributed by atoms with Crippen molar-refractivity contribution in [3.05, 3.63) is 42.1 Å². The van der Waals surface area contributed by atoms with E-state index < -0.39 is 0 Å². The number of H-pyrrole nitrogens is 1. The van der Waals surface area contributed by atoms with Crippen molar-refractivity contribution in [2.45, 2.75) is 6.54 Å². The maximum absolute atomic E-state index is 5.62. The number of benzene rings is 1. The molecule has 0 amide bonds. The molecule has 1 heterocycles. The molecule has 0 bridgehead atoms. The highest BCUT2D eigenvalue weighted by atomic mass is 15.2. The van der Waals surface area contributed by atoms with Crippen LogP contribution in [0.15, 0.2) is 36.5 Å². The van der Waals surface area contributed by atoms with E-state index in [1.54, 1.807) is 6.20 Å². The van der Waals surface area contributed by atoms with Crippen LogP contribution in [-0.4, -0.2) is 10.2 Å². The highest BCUT2D eigenvalue weighted by molar-refractivity contribution is 5.59. The molecule has 4 heteroatoms. The minimum absolute atomic E-state index is 0.570. The Bertz CT molecular complexity index is 394. The predicted octanol–water partition coefficient (Wildman–Crippen LogP) is 1.60. The summed E-state index contributed by atoms with van der Waals surface area (Å²) in [6.45, 7) is 0.755. The molecular formula is C10H12N4. The normalized spacial score (nSPS) is 10.0. The minimum Gasteiger partial charge on any atom is -0.382 e. The summed E-state index contributed by atoms with van der Waals surface area (Å²) >= 11 is 0. The monoisotopic (exact) mass is 188 g/mol. The second-order valence-corrected chi connectivity index (χ2v) is 3.04. The lowest BCUT2D eigenvalue weighted by molar-refractivity contribution is 1.10. The van der Waals surface area contributed by atoms with Gasteiger partial charge in [0.15, 0.2) is 0 Å². The smallest absolute Gasteiger partial charge is 0.142 e. The van der Waals surface area contributed by atoms with Gasteiger partial charge in [-0.05, 0) is 5.56 Å². The molecule has 0 unspecified atom stereocenters. The lowest BCUT2D eigenvalue weighted by Gasteiger charge is -2.03. The topological polar surface area (TPSA) is 66.7 Å². The number of aromatic amines is 1. The number of hydrogen-bond donors (Lipinski definition) is 3. The van der Waals surface area contributed by atoms with E-state index in [1.165, 1.54) is 5.56 Å². The van der Waals surface area contributed by atoms with Gasteiger partial charge in [-0.2, -0.15) is 5.10 Å². The van der Waals surface area contributed by atoms with Gasteiger partial charge in [0.1, 0.15) is 5.82 Å². The number of nitrogen functional groups attached to an aromatic ring is 1. The molecule has 4 N–H and O–H groups in total. The Morgan fingerprint density at radius 1 is 1.29 bits per heavy atom. The molecule has 0 aliphatic rings. The van der Waals surface area contributed by atoms with E-state index in [0.717, 1.165) is 12.2 Å². The van der Waals surface area contributed by atoms with Crippen LogP contribution >= 0.6 is 0 Å². The third kappa shape index (κ3) is 1.85. The number of nitrogens with one attached hydrogen (secondary N) is 2. The van der Waals surface area contributed by atoms with Gasteiger partial charge >= 0.3 is 0 Å². The third-order valence-electron chi connectivity index (χ3n) is 1.99. The average Bonchev–Trinajstić information content (AvgIpc) is 2.63. The fraction of sp³-hybridized carbons (Fsp3) is 0.100. The first-order valence-electron chi connectivity index (χ1n) is 4.43. The summed E-state index contributed by atoms with van der Waals surface area (Å²) in [4.78, 5) is 0. The summed E-state index contributed by atoms with van der Waals surface area (Å²) in [6, 6.07) is 10.1. The molecule has 0 aliphatic heterocycles. The Labute approximate surface area is 82.1 Å². The van der Waals surface area contributed by atoms with Crippen LogP contribution in [0.3, 0.4) is 0 Å². The second kappa shape index (κ2) is 3.83. The van der Waals surface area contributed by atoms with Crippen molar-refractivity contribution in [1.29, 1.82) is 0 Å². The zero-order chi connectivity index (χ0) is 9.80. The van der Waals surface area contributed by atoms with Crippen molar-refractivity contribution in [1.82, 2.24) is 10.2 Å². The molecule has 72 valence electrons. The van der Waals surface area contributed by atoms with E-state index >= 15 is 0 Å². The molecule has 0 radical (unpaired) electrons. The van der Waals surface area contributed by atoms with Gasteiger partial charge in [-0.3, -0.25) is 5.10 Å². The number of anilines is 2. The minimum atomic E-state index is 0.570. The Morgan fingerprint density at radius 2 is 2.07 bits per heavy atom. The molecular weight excluding hydrogens is 176 g/mol. The second-order valence-electron chi connectivity index (χ2n) is 3.04. The first-order chi connectivity index (χ1) is 6.86. The molecule has 0 saturated carbocycles. The van der Waals surface area contributed by atoms with Crippen molar-refractivity contribution in [3.63, 3.8) is 0 Å². The SMILES string of the molecule is Nc1[nH]ncc1NCc1ccccc1. The number of nitrogens with zero attached hydrogens (tertiary/aromatic N) is 1. The first kappa shape index (κ1) is 8.62. The van der Waals surface area contributed by atoms with E-state index in [4.69, 9.17) is 5.73 Å². The van der Waals surface area contributed by atoms with Crippen LogP contribution in [0, 0.1) is 0 Å². The Kier molecular flexibility index (Phi) is 2.36. The van der Waals surface area contributed by atoms with Crippen LogP contribution in [0.5, 0.6) is 0 Å². The predicted molar refractivity (Wildman–Crippen MR) is 56.8 cm³/mol. The van der Waals surface area contributed by atoms with Crippen LogP contribution in [0.2, 0.25) is 0 Å². The standard InChI is InChI=1S/C10H12N4/c11-10-9(7-13-14-10)12-6-8-4-2-1-3-5-8/h1-5,7,12H,6H2,(H3,11,13,14). The summed E-state index contributed by atoms with van der Waals surface area (Å²) in [5.41, 5.74) is 7.68. The fourth-order valence-electron chi connectivity index (χ4n) is 1.23. The number of aromatic nitrogens is 2. The summed E-state index contributed by atoms with van der Waals surface area (Å²) in [5.74, 6) is 0.570. The van der Waals surface area contributed by atoms with Gasteiger partial charge in [0.05, 0.1) is 11.9 Å². The van der Waals surface area contributed by atoms with E-state index in [-0.39, 0.29) is 0 Å². The van der Waals surface area contributed by atoms with E-state index in [1.807, 2.05) is 18.2 Å². The van der Waals surface area contributed by atoms with E-state index in [9.17, 15) is 0 Å². The van der Waals surface area contributed by atoms with E-state index in [2.05, 4.69) is 27.6 Å². The summed E-state index contributed by atoms with van der Waals surface area (Å²) < 4.78 is 0. The lowest BCUT2D eigenvalue weighted by Crippen LogP contribution is -2.00. The molecule has 0 saturated heterocycles. The molecule has 0 spiro atoms. The molecule has 14 heavy (non-hydrogen) atoms. The first-order valence-corrected chi connectivity index (χ1v) is 4.43. The van der Waals surface area contributed by atoms with Gasteiger partial charge in [0.2, 0.25) is 0 Å². The Morgan fingerprint density at radius 3 is 2.71 bits per heavy atom. The molecule has 0 fully saturated rings. The zero-order valence-corrected chi connectivity index (χ0v) is 7.70. The quantitative estimate of drug-likeness (QED) is 0.685. The largest absolute Gasteiger partial charge is 0.382 e. The van der Waals surface area contributed by atoms with Crippen molar-refractivity contribution in [3.8, 4) is 0 Å². The van der Waals surface area contributed by atoms with E-state index in [0.29, 0.717) is 5.82 Å². The maximum atomic E-state index is 5.62. The van der Waals surface area contributed by atoms with Gasteiger partial charge in [-0.25, -0.2) is 0 Å². The number of hydrogen-bond acceptors (Lipinski definition) is 3. The Balaban J connectivity index is 1.99. The van der Waals surface area contributed by atoms with Gasteiger partial charge in [0, 0.05) is 6.54 Å². The van der Waals surface area contributed by atoms with Crippen molar-refractivity contribution in [2.75, 3.05) is 11.1 Å². The molecule has 1 aromatic carbocycles. The van der Waals surface area contributed by atoms with Gasteiger partial charge < -0.3 is 11.1 Å². The fourth-order valence-corrected chi connectivity index (χ4v) is 1.23. The molecule has 0 atom stereocenters. The summed E-state index contributed by atoms with van der Waals surface area (Å²) in [6.07, 6.45) is 1.68. The van der Waals surface area contributed by atoms with Crippen molar-refractivity contribution < 1.29 is 0 Å². The van der Waals surface area contributed by atoms with Crippen LogP contribution in [0.1, 0.15) is 5.56 Å². The average molecular weight is 188 g/mol. The third-order valence-corrected chi connectivity index (χ3v) is 1.99. The summed E-state index contributed by atoms with van der Waals surface area (Å²) in [5, 5.41) is 9.68. The van der Waals surface area contributed by atoms with Gasteiger partial charge in [-0.15, -0.1) is 0 Å². The molecule has 4 nitrogen and oxygen atoms in total. The van der Waals surface area contributed by atoms with Gasteiger partial charge in [0.25, 0.3) is 0 Å². The van der Waals surface area contributed by atoms with Crippen LogP contribution in [0.25, 0.3) is 0 Å².